The lowest BCUT2D eigenvalue weighted by Gasteiger charge is -2.41. The van der Waals surface area contributed by atoms with Gasteiger partial charge in [-0.2, -0.15) is 13.2 Å². The molecular weight excluding hydrogens is 506 g/mol. The van der Waals surface area contributed by atoms with Crippen LogP contribution in [0.15, 0.2) is 42.5 Å². The van der Waals surface area contributed by atoms with Gasteiger partial charge >= 0.3 is 6.18 Å². The number of carbonyl (C=O) groups excluding carboxylic acids is 1. The highest BCUT2D eigenvalue weighted by Gasteiger charge is 2.46. The minimum atomic E-state index is -4.43. The molecule has 4 atom stereocenters. The predicted octanol–water partition coefficient (Wildman–Crippen LogP) is 2.54. The van der Waals surface area contributed by atoms with Crippen molar-refractivity contribution in [1.82, 2.24) is 10.2 Å². The van der Waals surface area contributed by atoms with Crippen LogP contribution < -0.4 is 10.2 Å². The maximum Gasteiger partial charge on any atom is 0.416 e. The van der Waals surface area contributed by atoms with Gasteiger partial charge in [0, 0.05) is 44.0 Å². The van der Waals surface area contributed by atoms with Gasteiger partial charge in [0.2, 0.25) is 0 Å². The van der Waals surface area contributed by atoms with Crippen LogP contribution >= 0.6 is 11.6 Å². The second-order valence-electron chi connectivity index (χ2n) is 8.79. The minimum Gasteiger partial charge on any atom is -0.394 e. The van der Waals surface area contributed by atoms with Crippen molar-refractivity contribution < 1.29 is 37.3 Å². The Morgan fingerprint density at radius 1 is 1.11 bits per heavy atom. The molecule has 2 aliphatic rings. The summed E-state index contributed by atoms with van der Waals surface area (Å²) < 4.78 is 58.5. The maximum absolute atomic E-state index is 13.4. The average Bonchev–Trinajstić information content (AvgIpc) is 3.19. The maximum atomic E-state index is 13.4. The predicted molar refractivity (Wildman–Crippen MR) is 125 cm³/mol. The number of carbonyl (C=O) groups is 1. The van der Waals surface area contributed by atoms with E-state index in [-0.39, 0.29) is 17.1 Å². The summed E-state index contributed by atoms with van der Waals surface area (Å²) in [5, 5.41) is 22.9. The van der Waals surface area contributed by atoms with E-state index in [0.717, 1.165) is 18.2 Å². The summed E-state index contributed by atoms with van der Waals surface area (Å²) in [5.41, 5.74) is -0.0984. The normalized spacial score (nSPS) is 25.2. The molecule has 196 valence electrons. The van der Waals surface area contributed by atoms with E-state index < -0.39 is 54.4 Å². The Morgan fingerprint density at radius 2 is 1.83 bits per heavy atom. The number of benzene rings is 2. The Labute approximate surface area is 210 Å². The third-order valence-corrected chi connectivity index (χ3v) is 6.85. The van der Waals surface area contributed by atoms with Gasteiger partial charge < -0.3 is 25.2 Å². The zero-order valence-corrected chi connectivity index (χ0v) is 19.8. The minimum absolute atomic E-state index is 0.0138. The number of piperazine rings is 1. The van der Waals surface area contributed by atoms with Crippen molar-refractivity contribution in [2.24, 2.45) is 0 Å². The zero-order chi connectivity index (χ0) is 26.0. The van der Waals surface area contributed by atoms with Crippen molar-refractivity contribution in [2.45, 2.75) is 30.5 Å². The van der Waals surface area contributed by atoms with Gasteiger partial charge in [-0.15, -0.1) is 0 Å². The fourth-order valence-electron chi connectivity index (χ4n) is 4.69. The van der Waals surface area contributed by atoms with Crippen LogP contribution in [-0.4, -0.2) is 84.7 Å². The van der Waals surface area contributed by atoms with Crippen LogP contribution in [0.25, 0.3) is 0 Å². The number of aliphatic hydroxyl groups is 2. The third-order valence-electron chi connectivity index (χ3n) is 6.56. The van der Waals surface area contributed by atoms with Crippen molar-refractivity contribution in [1.29, 1.82) is 0 Å². The zero-order valence-electron chi connectivity index (χ0n) is 19.1. The van der Waals surface area contributed by atoms with Crippen molar-refractivity contribution in [3.05, 3.63) is 64.4 Å². The number of hydrogen-bond acceptors (Lipinski definition) is 6. The number of alkyl halides is 3. The molecule has 2 aromatic carbocycles. The molecule has 0 aliphatic carbocycles. The molecule has 0 radical (unpaired) electrons. The smallest absolute Gasteiger partial charge is 0.394 e. The number of aliphatic hydroxyl groups excluding tert-OH is 2. The topological polar surface area (TPSA) is 85.3 Å². The highest BCUT2D eigenvalue weighted by Crippen LogP contribution is 2.33. The number of amides is 1. The van der Waals surface area contributed by atoms with Gasteiger partial charge in [-0.05, 0) is 36.4 Å². The number of ether oxygens (including phenoxy) is 1. The molecular formula is C24H26ClF4N3O4. The van der Waals surface area contributed by atoms with Crippen LogP contribution in [0.3, 0.4) is 0 Å². The standard InChI is InChI=1S/C24H26ClF4N3O4/c25-17-10-14(4-5-18(17)26)23(35)30-12-19-21(22(34)20(13-33)36-19)32-8-6-31(7-9-32)16-3-1-2-15(11-16)24(27,28)29/h1-5,10-11,19-22,33-34H,6-9,12-13H2,(H,30,35). The van der Waals surface area contributed by atoms with Crippen LogP contribution in [0, 0.1) is 5.82 Å². The van der Waals surface area contributed by atoms with Gasteiger partial charge in [-0.1, -0.05) is 17.7 Å². The molecule has 0 bridgehead atoms. The Hall–Kier alpha value is -2.44. The van der Waals surface area contributed by atoms with Crippen LogP contribution in [0.4, 0.5) is 23.2 Å². The van der Waals surface area contributed by atoms with E-state index in [1.54, 1.807) is 6.07 Å². The second-order valence-corrected chi connectivity index (χ2v) is 9.19. The van der Waals surface area contributed by atoms with Gasteiger partial charge in [-0.3, -0.25) is 9.69 Å². The number of nitrogens with one attached hydrogen (secondary N) is 1. The summed E-state index contributed by atoms with van der Waals surface area (Å²) in [6, 6.07) is 8.17. The number of anilines is 1. The van der Waals surface area contributed by atoms with Crippen LogP contribution in [0.1, 0.15) is 15.9 Å². The number of rotatable bonds is 6. The monoisotopic (exact) mass is 531 g/mol. The quantitative estimate of drug-likeness (QED) is 0.497. The first-order chi connectivity index (χ1) is 17.1. The van der Waals surface area contributed by atoms with Crippen LogP contribution in [-0.2, 0) is 10.9 Å². The molecule has 0 spiro atoms. The Morgan fingerprint density at radius 3 is 2.47 bits per heavy atom. The van der Waals surface area contributed by atoms with E-state index in [2.05, 4.69) is 5.32 Å². The summed E-state index contributed by atoms with van der Waals surface area (Å²) in [4.78, 5) is 16.3. The first kappa shape index (κ1) is 26.6. The molecule has 12 heteroatoms. The first-order valence-electron chi connectivity index (χ1n) is 11.4. The molecule has 2 aromatic rings. The summed E-state index contributed by atoms with van der Waals surface area (Å²) in [6.45, 7) is 1.29. The molecule has 2 fully saturated rings. The van der Waals surface area contributed by atoms with E-state index in [0.29, 0.717) is 31.9 Å². The first-order valence-corrected chi connectivity index (χ1v) is 11.8. The van der Waals surface area contributed by atoms with Crippen molar-refractivity contribution >= 4 is 23.2 Å². The van der Waals surface area contributed by atoms with Gasteiger partial charge in [-0.25, -0.2) is 4.39 Å². The molecule has 0 aromatic heterocycles. The molecule has 1 amide bonds. The largest absolute Gasteiger partial charge is 0.416 e. The molecule has 2 saturated heterocycles. The lowest BCUT2D eigenvalue weighted by Crippen LogP contribution is -2.57. The number of hydrogen-bond donors (Lipinski definition) is 3. The lowest BCUT2D eigenvalue weighted by molar-refractivity contribution is -0.137. The van der Waals surface area contributed by atoms with Crippen molar-refractivity contribution in [3.63, 3.8) is 0 Å². The van der Waals surface area contributed by atoms with E-state index in [9.17, 15) is 32.6 Å². The molecule has 2 heterocycles. The molecule has 0 saturated carbocycles. The van der Waals surface area contributed by atoms with Gasteiger partial charge in [0.15, 0.2) is 0 Å². The molecule has 4 unspecified atom stereocenters. The van der Waals surface area contributed by atoms with E-state index in [4.69, 9.17) is 16.3 Å². The molecule has 4 rings (SSSR count). The summed E-state index contributed by atoms with van der Waals surface area (Å²) in [5.74, 6) is -1.15. The van der Waals surface area contributed by atoms with Crippen LogP contribution in [0.2, 0.25) is 5.02 Å². The third kappa shape index (κ3) is 5.76. The van der Waals surface area contributed by atoms with Gasteiger partial charge in [0.05, 0.1) is 29.3 Å². The Balaban J connectivity index is 1.40. The number of halogens is 5. The summed E-state index contributed by atoms with van der Waals surface area (Å²) in [6.07, 6.45) is -6.97. The van der Waals surface area contributed by atoms with E-state index in [1.807, 2.05) is 9.80 Å². The highest BCUT2D eigenvalue weighted by atomic mass is 35.5. The Bertz CT molecular complexity index is 1080. The Kier molecular flexibility index (Phi) is 8.06. The second kappa shape index (κ2) is 10.9. The lowest BCUT2D eigenvalue weighted by atomic mass is 10.0. The molecule has 7 nitrogen and oxygen atoms in total. The molecule has 3 N–H and O–H groups in total. The van der Waals surface area contributed by atoms with E-state index >= 15 is 0 Å². The van der Waals surface area contributed by atoms with Crippen molar-refractivity contribution in [2.75, 3.05) is 44.2 Å². The fourth-order valence-corrected chi connectivity index (χ4v) is 4.87. The molecule has 2 aliphatic heterocycles. The van der Waals surface area contributed by atoms with Crippen molar-refractivity contribution in [3.8, 4) is 0 Å². The summed E-state index contributed by atoms with van der Waals surface area (Å²) >= 11 is 5.75. The number of nitrogens with zero attached hydrogens (tertiary/aromatic N) is 2. The highest BCUT2D eigenvalue weighted by molar-refractivity contribution is 6.31. The van der Waals surface area contributed by atoms with Crippen LogP contribution in [0.5, 0.6) is 0 Å². The average molecular weight is 532 g/mol. The fraction of sp³-hybridized carbons (Fsp3) is 0.458. The SMILES string of the molecule is O=C(NCC1OC(CO)C(O)C1N1CCN(c2cccc(C(F)(F)F)c2)CC1)c1ccc(F)c(Cl)c1. The van der Waals surface area contributed by atoms with Gasteiger partial charge in [0.1, 0.15) is 18.0 Å². The van der Waals surface area contributed by atoms with Gasteiger partial charge in [0.25, 0.3) is 5.91 Å². The van der Waals surface area contributed by atoms with E-state index in [1.165, 1.54) is 18.2 Å². The molecule has 36 heavy (non-hydrogen) atoms. The summed E-state index contributed by atoms with van der Waals surface area (Å²) in [7, 11) is 0.